The maximum atomic E-state index is 11.8. The van der Waals surface area contributed by atoms with E-state index in [0.29, 0.717) is 0 Å². The van der Waals surface area contributed by atoms with Crippen molar-refractivity contribution in [3.05, 3.63) is 69.3 Å². The number of rotatable bonds is 3. The summed E-state index contributed by atoms with van der Waals surface area (Å²) in [7, 11) is 0. The van der Waals surface area contributed by atoms with Gasteiger partial charge in [-0.05, 0) is 58.9 Å². The fourth-order valence-electron chi connectivity index (χ4n) is 1.63. The van der Waals surface area contributed by atoms with Crippen LogP contribution in [0.3, 0.4) is 0 Å². The molecule has 96 valence electrons. The molecule has 0 heterocycles. The largest absolute Gasteiger partial charge is 0.322 e. The van der Waals surface area contributed by atoms with Gasteiger partial charge in [-0.15, -0.1) is 0 Å². The van der Waals surface area contributed by atoms with E-state index in [1.165, 1.54) is 5.56 Å². The Morgan fingerprint density at radius 3 is 2.58 bits per heavy atom. The number of hydrogen-bond donors (Lipinski definition) is 1. The quantitative estimate of drug-likeness (QED) is 0.641. The molecule has 0 unspecified atom stereocenters. The molecule has 0 atom stereocenters. The second kappa shape index (κ2) is 6.52. The topological polar surface area (TPSA) is 29.1 Å². The molecule has 2 rings (SSSR count). The van der Waals surface area contributed by atoms with E-state index in [2.05, 4.69) is 27.9 Å². The first-order chi connectivity index (χ1) is 9.15. The lowest BCUT2D eigenvalue weighted by atomic mass is 10.2. The average molecular weight is 363 g/mol. The minimum absolute atomic E-state index is 0.120. The molecule has 0 aliphatic heterocycles. The molecular formula is C16H14INO. The molecule has 0 aromatic heterocycles. The van der Waals surface area contributed by atoms with Crippen LogP contribution in [-0.2, 0) is 4.79 Å². The molecule has 1 amide bonds. The summed E-state index contributed by atoms with van der Waals surface area (Å²) in [4.78, 5) is 11.8. The SMILES string of the molecule is Cc1ccc(NC(=O)/C=C/c2ccccc2)c(I)c1. The summed E-state index contributed by atoms with van der Waals surface area (Å²) in [5.41, 5.74) is 3.03. The predicted octanol–water partition coefficient (Wildman–Crippen LogP) is 4.25. The van der Waals surface area contributed by atoms with Crippen LogP contribution >= 0.6 is 22.6 Å². The van der Waals surface area contributed by atoms with E-state index in [9.17, 15) is 4.79 Å². The molecule has 0 aliphatic carbocycles. The van der Waals surface area contributed by atoms with Gasteiger partial charge in [0.05, 0.1) is 5.69 Å². The molecule has 2 aromatic carbocycles. The fourth-order valence-corrected chi connectivity index (χ4v) is 2.44. The summed E-state index contributed by atoms with van der Waals surface area (Å²) in [6.45, 7) is 2.03. The number of anilines is 1. The van der Waals surface area contributed by atoms with Crippen LogP contribution in [0.2, 0.25) is 0 Å². The first-order valence-electron chi connectivity index (χ1n) is 5.95. The minimum atomic E-state index is -0.120. The van der Waals surface area contributed by atoms with Crippen molar-refractivity contribution in [3.63, 3.8) is 0 Å². The van der Waals surface area contributed by atoms with Crippen LogP contribution in [0.5, 0.6) is 0 Å². The van der Waals surface area contributed by atoms with E-state index >= 15 is 0 Å². The Hall–Kier alpha value is -1.62. The van der Waals surface area contributed by atoms with Gasteiger partial charge < -0.3 is 5.32 Å². The van der Waals surface area contributed by atoms with Crippen LogP contribution in [0.1, 0.15) is 11.1 Å². The molecule has 0 bridgehead atoms. The molecule has 0 radical (unpaired) electrons. The van der Waals surface area contributed by atoms with Crippen LogP contribution < -0.4 is 5.32 Å². The molecule has 0 fully saturated rings. The third kappa shape index (κ3) is 4.21. The van der Waals surface area contributed by atoms with E-state index in [1.807, 2.05) is 55.5 Å². The zero-order chi connectivity index (χ0) is 13.7. The summed E-state index contributed by atoms with van der Waals surface area (Å²) in [6.07, 6.45) is 3.35. The van der Waals surface area contributed by atoms with Gasteiger partial charge in [-0.3, -0.25) is 4.79 Å². The van der Waals surface area contributed by atoms with Crippen LogP contribution in [0, 0.1) is 10.5 Å². The molecule has 3 heteroatoms. The van der Waals surface area contributed by atoms with E-state index in [0.717, 1.165) is 14.8 Å². The normalized spacial score (nSPS) is 10.6. The molecular weight excluding hydrogens is 349 g/mol. The lowest BCUT2D eigenvalue weighted by molar-refractivity contribution is -0.111. The van der Waals surface area contributed by atoms with Gasteiger partial charge >= 0.3 is 0 Å². The molecule has 0 aliphatic rings. The number of carbonyl (C=O) groups is 1. The Morgan fingerprint density at radius 1 is 1.16 bits per heavy atom. The highest BCUT2D eigenvalue weighted by molar-refractivity contribution is 14.1. The fraction of sp³-hybridized carbons (Fsp3) is 0.0625. The van der Waals surface area contributed by atoms with E-state index in [-0.39, 0.29) is 5.91 Å². The van der Waals surface area contributed by atoms with Crippen LogP contribution in [0.25, 0.3) is 6.08 Å². The molecule has 2 nitrogen and oxygen atoms in total. The molecule has 19 heavy (non-hydrogen) atoms. The predicted molar refractivity (Wildman–Crippen MR) is 88.0 cm³/mol. The van der Waals surface area contributed by atoms with E-state index in [1.54, 1.807) is 12.2 Å². The van der Waals surface area contributed by atoms with Crippen LogP contribution in [0.15, 0.2) is 54.6 Å². The Kier molecular flexibility index (Phi) is 4.74. The lowest BCUT2D eigenvalue weighted by Crippen LogP contribution is -2.08. The Labute approximate surface area is 126 Å². The molecule has 0 spiro atoms. The number of carbonyl (C=O) groups excluding carboxylic acids is 1. The molecule has 0 saturated carbocycles. The van der Waals surface area contributed by atoms with Crippen LogP contribution in [-0.4, -0.2) is 5.91 Å². The number of hydrogen-bond acceptors (Lipinski definition) is 1. The van der Waals surface area contributed by atoms with Gasteiger partial charge in [0, 0.05) is 9.65 Å². The van der Waals surface area contributed by atoms with Gasteiger partial charge in [0.15, 0.2) is 0 Å². The van der Waals surface area contributed by atoms with Gasteiger partial charge in [0.25, 0.3) is 0 Å². The number of halogens is 1. The maximum absolute atomic E-state index is 11.8. The third-order valence-corrected chi connectivity index (χ3v) is 3.50. The Morgan fingerprint density at radius 2 is 1.89 bits per heavy atom. The van der Waals surface area contributed by atoms with E-state index < -0.39 is 0 Å². The van der Waals surface area contributed by atoms with Crippen molar-refractivity contribution in [3.8, 4) is 0 Å². The van der Waals surface area contributed by atoms with Crippen molar-refractivity contribution in [2.75, 3.05) is 5.32 Å². The zero-order valence-electron chi connectivity index (χ0n) is 10.6. The summed E-state index contributed by atoms with van der Waals surface area (Å²) in [6, 6.07) is 15.7. The molecule has 1 N–H and O–H groups in total. The summed E-state index contributed by atoms with van der Waals surface area (Å²) in [5.74, 6) is -0.120. The van der Waals surface area contributed by atoms with E-state index in [4.69, 9.17) is 0 Å². The number of aryl methyl sites for hydroxylation is 1. The minimum Gasteiger partial charge on any atom is -0.322 e. The second-order valence-electron chi connectivity index (χ2n) is 4.22. The van der Waals surface area contributed by atoms with Crippen molar-refractivity contribution in [1.82, 2.24) is 0 Å². The van der Waals surface area contributed by atoms with Gasteiger partial charge in [0.2, 0.25) is 5.91 Å². The smallest absolute Gasteiger partial charge is 0.248 e. The first kappa shape index (κ1) is 13.8. The van der Waals surface area contributed by atoms with Crippen molar-refractivity contribution < 1.29 is 4.79 Å². The maximum Gasteiger partial charge on any atom is 0.248 e. The number of nitrogens with one attached hydrogen (secondary N) is 1. The summed E-state index contributed by atoms with van der Waals surface area (Å²) < 4.78 is 1.04. The summed E-state index contributed by atoms with van der Waals surface area (Å²) >= 11 is 2.22. The highest BCUT2D eigenvalue weighted by Crippen LogP contribution is 2.19. The van der Waals surface area contributed by atoms with Crippen LogP contribution in [0.4, 0.5) is 5.69 Å². The van der Waals surface area contributed by atoms with Gasteiger partial charge in [-0.25, -0.2) is 0 Å². The standard InChI is InChI=1S/C16H14INO/c1-12-7-9-15(14(17)11-12)18-16(19)10-8-13-5-3-2-4-6-13/h2-11H,1H3,(H,18,19)/b10-8+. The zero-order valence-corrected chi connectivity index (χ0v) is 12.7. The monoisotopic (exact) mass is 363 g/mol. The average Bonchev–Trinajstić information content (AvgIpc) is 2.41. The molecule has 2 aromatic rings. The van der Waals surface area contributed by atoms with Crippen molar-refractivity contribution in [1.29, 1.82) is 0 Å². The lowest BCUT2D eigenvalue weighted by Gasteiger charge is -2.05. The second-order valence-corrected chi connectivity index (χ2v) is 5.38. The highest BCUT2D eigenvalue weighted by Gasteiger charge is 2.02. The molecule has 0 saturated heterocycles. The van der Waals surface area contributed by atoms with Crippen molar-refractivity contribution in [2.45, 2.75) is 6.92 Å². The van der Waals surface area contributed by atoms with Gasteiger partial charge in [0.1, 0.15) is 0 Å². The summed E-state index contributed by atoms with van der Waals surface area (Å²) in [5, 5.41) is 2.87. The first-order valence-corrected chi connectivity index (χ1v) is 7.03. The number of amides is 1. The van der Waals surface area contributed by atoms with Crippen molar-refractivity contribution >= 4 is 40.3 Å². The van der Waals surface area contributed by atoms with Gasteiger partial charge in [-0.1, -0.05) is 36.4 Å². The Balaban J connectivity index is 2.04. The van der Waals surface area contributed by atoms with Crippen molar-refractivity contribution in [2.24, 2.45) is 0 Å². The highest BCUT2D eigenvalue weighted by atomic mass is 127. The van der Waals surface area contributed by atoms with Gasteiger partial charge in [-0.2, -0.15) is 0 Å². The Bertz CT molecular complexity index is 605. The number of benzene rings is 2. The third-order valence-electron chi connectivity index (χ3n) is 2.61.